The second-order valence-corrected chi connectivity index (χ2v) is 6.10. The van der Waals surface area contributed by atoms with E-state index in [1.807, 2.05) is 49.4 Å². The molecule has 1 heterocycles. The number of phenols is 1. The lowest BCUT2D eigenvalue weighted by molar-refractivity contribution is 0.311. The lowest BCUT2D eigenvalue weighted by Crippen LogP contribution is -1.95. The topological polar surface area (TPSA) is 74.0 Å². The molecule has 2 aromatic carbocycles. The van der Waals surface area contributed by atoms with Gasteiger partial charge in [-0.2, -0.15) is 0 Å². The number of aromatic nitrogens is 1. The van der Waals surface area contributed by atoms with E-state index in [0.717, 1.165) is 11.1 Å². The molecule has 1 N–H and O–H groups in total. The average Bonchev–Trinajstić information content (AvgIpc) is 3.20. The Hall–Kier alpha value is -3.67. The van der Waals surface area contributed by atoms with Crippen LogP contribution in [-0.4, -0.2) is 31.1 Å². The molecule has 0 aliphatic heterocycles. The molecule has 3 aromatic rings. The fourth-order valence-corrected chi connectivity index (χ4v) is 2.68. The molecule has 0 bridgehead atoms. The quantitative estimate of drug-likeness (QED) is 0.571. The Bertz CT molecular complexity index is 1020. The number of phenolic OH excluding ortho intramolecular Hbond substituents is 1. The molecule has 0 amide bonds. The third kappa shape index (κ3) is 5.19. The van der Waals surface area contributed by atoms with Gasteiger partial charge in [0.15, 0.2) is 28.8 Å². The van der Waals surface area contributed by atoms with Gasteiger partial charge in [-0.25, -0.2) is 0 Å². The Morgan fingerprint density at radius 1 is 0.862 bits per heavy atom. The van der Waals surface area contributed by atoms with Crippen molar-refractivity contribution in [2.75, 3.05) is 20.8 Å². The maximum Gasteiger partial charge on any atom is 0.161 e. The molecule has 1 aromatic heterocycles. The highest BCUT2D eigenvalue weighted by Gasteiger charge is 2.05. The van der Waals surface area contributed by atoms with Crippen molar-refractivity contribution in [3.63, 3.8) is 0 Å². The predicted molar refractivity (Wildman–Crippen MR) is 113 cm³/mol. The first-order chi connectivity index (χ1) is 14.1. The Balaban J connectivity index is 1.70. The highest BCUT2D eigenvalue weighted by Crippen LogP contribution is 2.29. The summed E-state index contributed by atoms with van der Waals surface area (Å²) in [5.41, 5.74) is 2.52. The van der Waals surface area contributed by atoms with Crippen LogP contribution in [0.5, 0.6) is 23.0 Å². The maximum atomic E-state index is 9.65. The van der Waals surface area contributed by atoms with Gasteiger partial charge in [0.25, 0.3) is 0 Å². The van der Waals surface area contributed by atoms with Gasteiger partial charge in [-0.05, 0) is 54.5 Å². The summed E-state index contributed by atoms with van der Waals surface area (Å²) >= 11 is 0. The molecule has 6 heteroatoms. The zero-order chi connectivity index (χ0) is 20.6. The summed E-state index contributed by atoms with van der Waals surface area (Å²) in [4.78, 5) is 0. The van der Waals surface area contributed by atoms with Crippen LogP contribution in [0.15, 0.2) is 47.0 Å². The Labute approximate surface area is 169 Å². The number of methoxy groups -OCH3 is 2. The molecule has 29 heavy (non-hydrogen) atoms. The third-order valence-corrected chi connectivity index (χ3v) is 4.12. The van der Waals surface area contributed by atoms with Crippen molar-refractivity contribution in [3.8, 4) is 23.0 Å². The highest BCUT2D eigenvalue weighted by atomic mass is 16.5. The normalized spacial score (nSPS) is 11.3. The molecule has 0 saturated carbocycles. The molecular weight excluding hydrogens is 370 g/mol. The largest absolute Gasteiger partial charge is 0.504 e. The van der Waals surface area contributed by atoms with Crippen LogP contribution in [0.4, 0.5) is 0 Å². The Morgan fingerprint density at radius 3 is 2.28 bits per heavy atom. The number of benzene rings is 2. The summed E-state index contributed by atoms with van der Waals surface area (Å²) in [6, 6.07) is 12.7. The van der Waals surface area contributed by atoms with Crippen molar-refractivity contribution in [2.45, 2.75) is 6.92 Å². The van der Waals surface area contributed by atoms with Gasteiger partial charge < -0.3 is 23.8 Å². The van der Waals surface area contributed by atoms with Crippen LogP contribution in [0, 0.1) is 0 Å². The van der Waals surface area contributed by atoms with Crippen LogP contribution in [0.1, 0.15) is 29.5 Å². The zero-order valence-corrected chi connectivity index (χ0v) is 16.6. The lowest BCUT2D eigenvalue weighted by Gasteiger charge is -2.09. The summed E-state index contributed by atoms with van der Waals surface area (Å²) in [5, 5.41) is 13.7. The first-order valence-electron chi connectivity index (χ1n) is 9.13. The monoisotopic (exact) mass is 393 g/mol. The Morgan fingerprint density at radius 2 is 1.55 bits per heavy atom. The summed E-state index contributed by atoms with van der Waals surface area (Å²) in [6.45, 7) is 2.51. The Kier molecular flexibility index (Phi) is 6.58. The number of hydrogen-bond acceptors (Lipinski definition) is 6. The minimum absolute atomic E-state index is 0.0997. The van der Waals surface area contributed by atoms with Crippen molar-refractivity contribution in [1.82, 2.24) is 5.16 Å². The van der Waals surface area contributed by atoms with Crippen LogP contribution in [0.2, 0.25) is 0 Å². The van der Waals surface area contributed by atoms with Crippen LogP contribution < -0.4 is 14.2 Å². The van der Waals surface area contributed by atoms with Crippen LogP contribution >= 0.6 is 0 Å². The molecule has 0 spiro atoms. The van der Waals surface area contributed by atoms with Crippen LogP contribution in [-0.2, 0) is 0 Å². The van der Waals surface area contributed by atoms with E-state index in [9.17, 15) is 5.11 Å². The van der Waals surface area contributed by atoms with Crippen molar-refractivity contribution < 1.29 is 23.8 Å². The van der Waals surface area contributed by atoms with Gasteiger partial charge in [0.1, 0.15) is 5.69 Å². The highest BCUT2D eigenvalue weighted by molar-refractivity contribution is 5.72. The number of ether oxygens (including phenoxy) is 3. The van der Waals surface area contributed by atoms with Gasteiger partial charge in [0.2, 0.25) is 0 Å². The summed E-state index contributed by atoms with van der Waals surface area (Å²) < 4.78 is 21.3. The van der Waals surface area contributed by atoms with E-state index >= 15 is 0 Å². The number of hydrogen-bond donors (Lipinski definition) is 1. The van der Waals surface area contributed by atoms with E-state index in [-0.39, 0.29) is 5.75 Å². The van der Waals surface area contributed by atoms with Gasteiger partial charge in [-0.1, -0.05) is 29.4 Å². The minimum Gasteiger partial charge on any atom is -0.504 e. The maximum absolute atomic E-state index is 9.65. The van der Waals surface area contributed by atoms with E-state index in [1.54, 1.807) is 31.4 Å². The number of aromatic hydroxyl groups is 1. The molecule has 6 nitrogen and oxygen atoms in total. The van der Waals surface area contributed by atoms with Gasteiger partial charge >= 0.3 is 0 Å². The fourth-order valence-electron chi connectivity index (χ4n) is 2.68. The minimum atomic E-state index is 0.0997. The van der Waals surface area contributed by atoms with E-state index < -0.39 is 0 Å². The van der Waals surface area contributed by atoms with Crippen LogP contribution in [0.3, 0.4) is 0 Å². The van der Waals surface area contributed by atoms with E-state index in [4.69, 9.17) is 18.7 Å². The van der Waals surface area contributed by atoms with Gasteiger partial charge in [0.05, 0.1) is 20.8 Å². The van der Waals surface area contributed by atoms with Crippen molar-refractivity contribution in [1.29, 1.82) is 0 Å². The third-order valence-electron chi connectivity index (χ3n) is 4.12. The molecule has 0 radical (unpaired) electrons. The van der Waals surface area contributed by atoms with Gasteiger partial charge in [-0.3, -0.25) is 0 Å². The molecule has 0 unspecified atom stereocenters. The van der Waals surface area contributed by atoms with Crippen molar-refractivity contribution >= 4 is 24.3 Å². The first kappa shape index (κ1) is 20.1. The van der Waals surface area contributed by atoms with Gasteiger partial charge in [-0.15, -0.1) is 0 Å². The lowest BCUT2D eigenvalue weighted by atomic mass is 10.1. The van der Waals surface area contributed by atoms with E-state index in [0.29, 0.717) is 35.3 Å². The predicted octanol–water partition coefficient (Wildman–Crippen LogP) is 5.14. The average molecular weight is 393 g/mol. The van der Waals surface area contributed by atoms with E-state index in [1.165, 1.54) is 7.11 Å². The standard InChI is InChI=1S/C23H23NO5/c1-4-28-21-12-8-16(14-23(21)27-3)5-9-18-15-19(29-24-18)10-6-17-7-11-20(25)22(13-17)26-2/h5-15,25H,4H2,1-3H3/b9-5+,10-6+. The molecule has 0 atom stereocenters. The summed E-state index contributed by atoms with van der Waals surface area (Å²) in [6.07, 6.45) is 7.44. The molecule has 0 saturated heterocycles. The number of rotatable bonds is 8. The van der Waals surface area contributed by atoms with Crippen LogP contribution in [0.25, 0.3) is 24.3 Å². The summed E-state index contributed by atoms with van der Waals surface area (Å²) in [7, 11) is 3.13. The second kappa shape index (κ2) is 9.50. The summed E-state index contributed by atoms with van der Waals surface area (Å²) in [5.74, 6) is 2.52. The zero-order valence-electron chi connectivity index (χ0n) is 16.6. The van der Waals surface area contributed by atoms with E-state index in [2.05, 4.69) is 5.16 Å². The van der Waals surface area contributed by atoms with Crippen molar-refractivity contribution in [2.24, 2.45) is 0 Å². The van der Waals surface area contributed by atoms with Crippen molar-refractivity contribution in [3.05, 3.63) is 65.0 Å². The molecule has 0 aliphatic rings. The molecule has 0 fully saturated rings. The smallest absolute Gasteiger partial charge is 0.161 e. The molecule has 0 aliphatic carbocycles. The molecule has 3 rings (SSSR count). The fraction of sp³-hybridized carbons (Fsp3) is 0.174. The first-order valence-corrected chi connectivity index (χ1v) is 9.13. The second-order valence-electron chi connectivity index (χ2n) is 6.10. The SMILES string of the molecule is CCOc1ccc(/C=C/c2cc(/C=C/c3ccc(O)c(OC)c3)on2)cc1OC. The van der Waals surface area contributed by atoms with Gasteiger partial charge in [0, 0.05) is 6.07 Å². The molecule has 150 valence electrons. The number of nitrogens with zero attached hydrogens (tertiary/aromatic N) is 1. The molecular formula is C23H23NO5.